The average Bonchev–Trinajstić information content (AvgIpc) is 3.08. The number of non-ortho nitro benzene ring substituents is 2. The highest BCUT2D eigenvalue weighted by Gasteiger charge is 2.15. The highest BCUT2D eigenvalue weighted by Crippen LogP contribution is 2.32. The maximum absolute atomic E-state index is 12.2. The third-order valence-corrected chi connectivity index (χ3v) is 5.31. The molecule has 28 heavy (non-hydrogen) atoms. The van der Waals surface area contributed by atoms with Crippen LogP contribution in [-0.4, -0.2) is 27.1 Å². The molecule has 0 aliphatic rings. The lowest BCUT2D eigenvalue weighted by Gasteiger charge is -2.02. The van der Waals surface area contributed by atoms with Gasteiger partial charge in [0, 0.05) is 39.9 Å². The summed E-state index contributed by atoms with van der Waals surface area (Å²) >= 11 is 4.14. The minimum absolute atomic E-state index is 0.0355. The molecule has 0 saturated heterocycles. The molecule has 0 saturated carbocycles. The molecule has 3 aromatic rings. The molecule has 2 N–H and O–H groups in total. The van der Waals surface area contributed by atoms with Gasteiger partial charge in [0.25, 0.3) is 17.3 Å². The Kier molecular flexibility index (Phi) is 5.33. The van der Waals surface area contributed by atoms with Crippen LogP contribution in [0.15, 0.2) is 46.0 Å². The highest BCUT2D eigenvalue weighted by molar-refractivity contribution is 9.10. The Hall–Kier alpha value is -3.38. The van der Waals surface area contributed by atoms with E-state index in [0.717, 1.165) is 29.7 Å². The SMILES string of the molecule is O=C(N/N=C/c1cc([N+](=O)[O-])cc(Br)c1O)c1cc2cc([N+](=O)[O-])ccc2s1. The van der Waals surface area contributed by atoms with Crippen molar-refractivity contribution in [2.45, 2.75) is 0 Å². The van der Waals surface area contributed by atoms with Gasteiger partial charge in [-0.2, -0.15) is 5.10 Å². The van der Waals surface area contributed by atoms with Crippen molar-refractivity contribution in [1.29, 1.82) is 0 Å². The van der Waals surface area contributed by atoms with Gasteiger partial charge in [-0.05, 0) is 28.1 Å². The molecule has 0 radical (unpaired) electrons. The van der Waals surface area contributed by atoms with E-state index in [-0.39, 0.29) is 32.0 Å². The Morgan fingerprint density at radius 3 is 2.54 bits per heavy atom. The molecule has 10 nitrogen and oxygen atoms in total. The fraction of sp³-hybridized carbons (Fsp3) is 0. The van der Waals surface area contributed by atoms with Crippen LogP contribution in [0.4, 0.5) is 11.4 Å². The molecule has 0 unspecified atom stereocenters. The lowest BCUT2D eigenvalue weighted by Crippen LogP contribution is -2.16. The van der Waals surface area contributed by atoms with Gasteiger partial charge in [-0.25, -0.2) is 5.43 Å². The molecule has 142 valence electrons. The highest BCUT2D eigenvalue weighted by atomic mass is 79.9. The Bertz CT molecular complexity index is 1160. The van der Waals surface area contributed by atoms with Crippen LogP contribution in [0.2, 0.25) is 0 Å². The lowest BCUT2D eigenvalue weighted by molar-refractivity contribution is -0.385. The number of hydrazone groups is 1. The van der Waals surface area contributed by atoms with Gasteiger partial charge in [0.05, 0.1) is 25.4 Å². The van der Waals surface area contributed by atoms with Crippen molar-refractivity contribution in [3.63, 3.8) is 0 Å². The van der Waals surface area contributed by atoms with Crippen LogP contribution in [0.1, 0.15) is 15.2 Å². The number of nitro benzene ring substituents is 2. The standard InChI is InChI=1S/C16H9BrN4O6S/c17-12-6-11(21(26)27)4-9(15(12)22)7-18-19-16(23)14-5-8-3-10(20(24)25)1-2-13(8)28-14/h1-7,22H,(H,19,23)/b18-7+. The van der Waals surface area contributed by atoms with Crippen molar-refractivity contribution < 1.29 is 19.7 Å². The minimum Gasteiger partial charge on any atom is -0.506 e. The molecule has 0 bridgehead atoms. The first-order valence-corrected chi connectivity index (χ1v) is 9.05. The summed E-state index contributed by atoms with van der Waals surface area (Å²) in [4.78, 5) is 33.1. The largest absolute Gasteiger partial charge is 0.506 e. The smallest absolute Gasteiger partial charge is 0.281 e. The van der Waals surface area contributed by atoms with Crippen LogP contribution in [-0.2, 0) is 0 Å². The molecular weight excluding hydrogens is 456 g/mol. The first-order valence-electron chi connectivity index (χ1n) is 7.44. The first-order chi connectivity index (χ1) is 13.3. The average molecular weight is 465 g/mol. The molecule has 2 aromatic carbocycles. The number of phenols is 1. The number of hydrogen-bond acceptors (Lipinski definition) is 8. The normalized spacial score (nSPS) is 11.0. The van der Waals surface area contributed by atoms with Crippen molar-refractivity contribution in [2.24, 2.45) is 5.10 Å². The van der Waals surface area contributed by atoms with Gasteiger partial charge in [0.15, 0.2) is 0 Å². The molecule has 0 fully saturated rings. The van der Waals surface area contributed by atoms with E-state index in [0.29, 0.717) is 10.1 Å². The zero-order valence-corrected chi connectivity index (χ0v) is 16.1. The van der Waals surface area contributed by atoms with E-state index in [9.17, 15) is 30.1 Å². The Balaban J connectivity index is 1.79. The number of aromatic hydroxyl groups is 1. The zero-order valence-electron chi connectivity index (χ0n) is 13.7. The molecule has 1 amide bonds. The number of nitrogens with zero attached hydrogens (tertiary/aromatic N) is 3. The second kappa shape index (κ2) is 7.70. The number of nitro groups is 2. The van der Waals surface area contributed by atoms with Gasteiger partial charge in [-0.1, -0.05) is 0 Å². The van der Waals surface area contributed by atoms with Gasteiger partial charge in [-0.3, -0.25) is 25.0 Å². The molecule has 0 aliphatic heterocycles. The summed E-state index contributed by atoms with van der Waals surface area (Å²) in [5, 5.41) is 35.9. The van der Waals surface area contributed by atoms with Crippen molar-refractivity contribution in [3.05, 3.63) is 71.5 Å². The number of nitrogens with one attached hydrogen (secondary N) is 1. The number of halogens is 1. The van der Waals surface area contributed by atoms with Crippen LogP contribution in [0.3, 0.4) is 0 Å². The zero-order chi connectivity index (χ0) is 20.4. The minimum atomic E-state index is -0.628. The van der Waals surface area contributed by atoms with Gasteiger partial charge >= 0.3 is 0 Å². The first kappa shape index (κ1) is 19.4. The Labute approximate surface area is 168 Å². The molecular formula is C16H9BrN4O6S. The molecule has 1 aromatic heterocycles. The van der Waals surface area contributed by atoms with Gasteiger partial charge in [0.2, 0.25) is 0 Å². The second-order valence-corrected chi connectivity index (χ2v) is 7.35. The van der Waals surface area contributed by atoms with E-state index in [1.807, 2.05) is 0 Å². The number of fused-ring (bicyclic) bond motifs is 1. The number of thiophene rings is 1. The van der Waals surface area contributed by atoms with E-state index in [1.165, 1.54) is 18.2 Å². The van der Waals surface area contributed by atoms with Crippen LogP contribution in [0.5, 0.6) is 5.75 Å². The molecule has 12 heteroatoms. The van der Waals surface area contributed by atoms with E-state index in [4.69, 9.17) is 0 Å². The van der Waals surface area contributed by atoms with Crippen LogP contribution in [0, 0.1) is 20.2 Å². The second-order valence-electron chi connectivity index (χ2n) is 5.41. The van der Waals surface area contributed by atoms with E-state index in [2.05, 4.69) is 26.5 Å². The third-order valence-electron chi connectivity index (χ3n) is 3.59. The fourth-order valence-electron chi connectivity index (χ4n) is 2.28. The summed E-state index contributed by atoms with van der Waals surface area (Å²) < 4.78 is 0.806. The predicted octanol–water partition coefficient (Wildman–Crippen LogP) is 3.95. The summed E-state index contributed by atoms with van der Waals surface area (Å²) in [7, 11) is 0. The quantitative estimate of drug-likeness (QED) is 0.331. The number of carbonyl (C=O) groups is 1. The van der Waals surface area contributed by atoms with E-state index in [1.54, 1.807) is 6.07 Å². The summed E-state index contributed by atoms with van der Waals surface area (Å²) in [6.07, 6.45) is 1.07. The Morgan fingerprint density at radius 1 is 1.14 bits per heavy atom. The van der Waals surface area contributed by atoms with Crippen molar-refractivity contribution >= 4 is 60.8 Å². The maximum atomic E-state index is 12.2. The molecule has 0 aliphatic carbocycles. The van der Waals surface area contributed by atoms with Crippen LogP contribution >= 0.6 is 27.3 Å². The van der Waals surface area contributed by atoms with Gasteiger partial charge < -0.3 is 5.11 Å². The predicted molar refractivity (Wildman–Crippen MR) is 106 cm³/mol. The molecule has 0 spiro atoms. The summed E-state index contributed by atoms with van der Waals surface area (Å²) in [6.45, 7) is 0. The molecule has 1 heterocycles. The Morgan fingerprint density at radius 2 is 1.86 bits per heavy atom. The topological polar surface area (TPSA) is 148 Å². The van der Waals surface area contributed by atoms with E-state index < -0.39 is 15.8 Å². The number of hydrogen-bond donors (Lipinski definition) is 2. The number of rotatable bonds is 5. The number of phenolic OH excluding ortho intramolecular Hbond substituents is 1. The number of carbonyl (C=O) groups excluding carboxylic acids is 1. The summed E-state index contributed by atoms with van der Waals surface area (Å²) in [5.74, 6) is -0.832. The van der Waals surface area contributed by atoms with Crippen LogP contribution in [0.25, 0.3) is 10.1 Å². The number of benzene rings is 2. The van der Waals surface area contributed by atoms with Gasteiger partial charge in [-0.15, -0.1) is 11.3 Å². The molecule has 3 rings (SSSR count). The third kappa shape index (κ3) is 3.97. The van der Waals surface area contributed by atoms with Crippen molar-refractivity contribution in [1.82, 2.24) is 5.43 Å². The van der Waals surface area contributed by atoms with Crippen molar-refractivity contribution in [2.75, 3.05) is 0 Å². The summed E-state index contributed by atoms with van der Waals surface area (Å²) in [5.41, 5.74) is 1.95. The lowest BCUT2D eigenvalue weighted by atomic mass is 10.2. The van der Waals surface area contributed by atoms with E-state index >= 15 is 0 Å². The monoisotopic (exact) mass is 464 g/mol. The fourth-order valence-corrected chi connectivity index (χ4v) is 3.68. The summed E-state index contributed by atoms with van der Waals surface area (Å²) in [6, 6.07) is 8.01. The number of amides is 1. The molecule has 0 atom stereocenters. The van der Waals surface area contributed by atoms with Crippen molar-refractivity contribution in [3.8, 4) is 5.75 Å². The maximum Gasteiger partial charge on any atom is 0.281 e. The van der Waals surface area contributed by atoms with Gasteiger partial charge in [0.1, 0.15) is 5.75 Å². The van der Waals surface area contributed by atoms with Crippen LogP contribution < -0.4 is 5.43 Å².